The fraction of sp³-hybridized carbons (Fsp3) is 0.500. The first-order valence-corrected chi connectivity index (χ1v) is 3.63. The fourth-order valence-electron chi connectivity index (χ4n) is 1.28. The van der Waals surface area contributed by atoms with Crippen LogP contribution in [-0.4, -0.2) is 5.21 Å². The van der Waals surface area contributed by atoms with Crippen LogP contribution in [0.2, 0.25) is 0 Å². The summed E-state index contributed by atoms with van der Waals surface area (Å²) in [7, 11) is 0. The lowest BCUT2D eigenvalue weighted by molar-refractivity contribution is 0.197. The molecule has 0 amide bonds. The molecule has 0 fully saturated rings. The van der Waals surface area contributed by atoms with Crippen molar-refractivity contribution in [2.45, 2.75) is 26.2 Å². The Bertz CT molecular complexity index is 170. The summed E-state index contributed by atoms with van der Waals surface area (Å²) in [5.41, 5.74) is 4.45. The summed E-state index contributed by atoms with van der Waals surface area (Å²) < 4.78 is 0. The van der Waals surface area contributed by atoms with E-state index in [4.69, 9.17) is 5.21 Å². The normalized spacial score (nSPS) is 19.0. The van der Waals surface area contributed by atoms with Crippen molar-refractivity contribution >= 4 is 0 Å². The molecule has 0 aromatic heterocycles. The number of allylic oxidation sites excluding steroid dienone is 4. The number of nitrogens with one attached hydrogen (secondary N) is 1. The lowest BCUT2D eigenvalue weighted by Gasteiger charge is -1.98. The number of hydroxylamine groups is 1. The largest absolute Gasteiger partial charge is 0.291 e. The van der Waals surface area contributed by atoms with Gasteiger partial charge in [0.1, 0.15) is 0 Å². The van der Waals surface area contributed by atoms with Crippen molar-refractivity contribution in [1.82, 2.24) is 5.48 Å². The molecule has 0 saturated heterocycles. The van der Waals surface area contributed by atoms with Gasteiger partial charge in [-0.15, -0.1) is 0 Å². The first-order chi connectivity index (χ1) is 4.88. The Morgan fingerprint density at radius 3 is 2.90 bits per heavy atom. The summed E-state index contributed by atoms with van der Waals surface area (Å²) in [6.07, 6.45) is 7.27. The molecule has 0 atom stereocenters. The minimum Gasteiger partial charge on any atom is -0.291 e. The van der Waals surface area contributed by atoms with Crippen LogP contribution in [0, 0.1) is 0 Å². The predicted molar refractivity (Wildman–Crippen MR) is 40.6 cm³/mol. The highest BCUT2D eigenvalue weighted by molar-refractivity contribution is 5.27. The second kappa shape index (κ2) is 3.42. The van der Waals surface area contributed by atoms with Crippen molar-refractivity contribution in [3.63, 3.8) is 0 Å². The smallest absolute Gasteiger partial charge is 0.0408 e. The molecule has 2 heteroatoms. The van der Waals surface area contributed by atoms with Gasteiger partial charge >= 0.3 is 0 Å². The van der Waals surface area contributed by atoms with E-state index in [1.54, 1.807) is 0 Å². The first-order valence-electron chi connectivity index (χ1n) is 3.63. The Hall–Kier alpha value is -0.760. The molecule has 0 aliphatic heterocycles. The van der Waals surface area contributed by atoms with Crippen LogP contribution < -0.4 is 5.48 Å². The molecule has 2 nitrogen and oxygen atoms in total. The molecule has 2 N–H and O–H groups in total. The van der Waals surface area contributed by atoms with Crippen LogP contribution in [0.5, 0.6) is 0 Å². The molecule has 0 aromatic rings. The number of hydrogen-bond donors (Lipinski definition) is 2. The fourth-order valence-corrected chi connectivity index (χ4v) is 1.28. The molecule has 0 heterocycles. The molecule has 10 heavy (non-hydrogen) atoms. The van der Waals surface area contributed by atoms with Crippen LogP contribution in [0.3, 0.4) is 0 Å². The standard InChI is InChI=1S/C8H13NO/c1-2-4-7-5-3-6-8(7)9-10/h2,4,9-10H,3,5-6H2,1H3/b4-2-. The monoisotopic (exact) mass is 139 g/mol. The second-order valence-electron chi connectivity index (χ2n) is 2.47. The third-order valence-electron chi connectivity index (χ3n) is 1.76. The van der Waals surface area contributed by atoms with Gasteiger partial charge in [-0.25, -0.2) is 0 Å². The van der Waals surface area contributed by atoms with Gasteiger partial charge in [0.2, 0.25) is 0 Å². The van der Waals surface area contributed by atoms with Crippen molar-refractivity contribution in [2.24, 2.45) is 0 Å². The van der Waals surface area contributed by atoms with E-state index < -0.39 is 0 Å². The van der Waals surface area contributed by atoms with Gasteiger partial charge in [0.25, 0.3) is 0 Å². The van der Waals surface area contributed by atoms with Crippen LogP contribution in [-0.2, 0) is 0 Å². The Morgan fingerprint density at radius 2 is 2.30 bits per heavy atom. The molecule has 0 aromatic carbocycles. The maximum absolute atomic E-state index is 8.62. The van der Waals surface area contributed by atoms with Gasteiger partial charge in [-0.1, -0.05) is 12.2 Å². The number of rotatable bonds is 2. The first kappa shape index (κ1) is 7.35. The molecular formula is C8H13NO. The van der Waals surface area contributed by atoms with E-state index in [-0.39, 0.29) is 0 Å². The van der Waals surface area contributed by atoms with Gasteiger partial charge in [-0.3, -0.25) is 10.7 Å². The van der Waals surface area contributed by atoms with Crippen LogP contribution in [0.25, 0.3) is 0 Å². The van der Waals surface area contributed by atoms with Crippen LogP contribution >= 0.6 is 0 Å². The van der Waals surface area contributed by atoms with Gasteiger partial charge in [0.05, 0.1) is 0 Å². The zero-order valence-corrected chi connectivity index (χ0v) is 6.22. The number of hydrogen-bond acceptors (Lipinski definition) is 2. The van der Waals surface area contributed by atoms with Gasteiger partial charge in [-0.05, 0) is 31.8 Å². The Morgan fingerprint density at radius 1 is 1.50 bits per heavy atom. The summed E-state index contributed by atoms with van der Waals surface area (Å²) in [4.78, 5) is 0. The predicted octanol–water partition coefficient (Wildman–Crippen LogP) is 1.98. The van der Waals surface area contributed by atoms with Gasteiger partial charge in [-0.2, -0.15) is 0 Å². The molecule has 0 radical (unpaired) electrons. The summed E-state index contributed by atoms with van der Waals surface area (Å²) >= 11 is 0. The van der Waals surface area contributed by atoms with E-state index in [0.717, 1.165) is 25.0 Å². The molecule has 0 saturated carbocycles. The third kappa shape index (κ3) is 1.39. The van der Waals surface area contributed by atoms with E-state index in [1.165, 1.54) is 5.57 Å². The molecule has 56 valence electrons. The summed E-state index contributed by atoms with van der Waals surface area (Å²) in [6, 6.07) is 0. The summed E-state index contributed by atoms with van der Waals surface area (Å²) in [6.45, 7) is 1.99. The minimum atomic E-state index is 0.982. The van der Waals surface area contributed by atoms with E-state index in [9.17, 15) is 0 Å². The lowest BCUT2D eigenvalue weighted by atomic mass is 10.2. The second-order valence-corrected chi connectivity index (χ2v) is 2.47. The zero-order valence-electron chi connectivity index (χ0n) is 6.22. The molecule has 1 rings (SSSR count). The summed E-state index contributed by atoms with van der Waals surface area (Å²) in [5.74, 6) is 0. The molecule has 1 aliphatic carbocycles. The molecule has 0 unspecified atom stereocenters. The average Bonchev–Trinajstić information content (AvgIpc) is 2.36. The van der Waals surface area contributed by atoms with Gasteiger partial charge < -0.3 is 0 Å². The SMILES string of the molecule is C/C=C\C1=C(NO)CCC1. The maximum atomic E-state index is 8.62. The van der Waals surface area contributed by atoms with Crippen molar-refractivity contribution < 1.29 is 5.21 Å². The van der Waals surface area contributed by atoms with Crippen LogP contribution in [0.15, 0.2) is 23.4 Å². The zero-order chi connectivity index (χ0) is 7.40. The lowest BCUT2D eigenvalue weighted by Crippen LogP contribution is -2.05. The minimum absolute atomic E-state index is 0.982. The van der Waals surface area contributed by atoms with Crippen molar-refractivity contribution in [2.75, 3.05) is 0 Å². The van der Waals surface area contributed by atoms with Crippen molar-refractivity contribution in [3.05, 3.63) is 23.4 Å². The molecule has 0 spiro atoms. The Balaban J connectivity index is 2.68. The molecule has 1 aliphatic rings. The van der Waals surface area contributed by atoms with Crippen LogP contribution in [0.4, 0.5) is 0 Å². The third-order valence-corrected chi connectivity index (χ3v) is 1.76. The quantitative estimate of drug-likeness (QED) is 0.573. The Kier molecular flexibility index (Phi) is 2.51. The van der Waals surface area contributed by atoms with Crippen LogP contribution in [0.1, 0.15) is 26.2 Å². The maximum Gasteiger partial charge on any atom is 0.0408 e. The van der Waals surface area contributed by atoms with E-state index >= 15 is 0 Å². The van der Waals surface area contributed by atoms with Crippen molar-refractivity contribution in [1.29, 1.82) is 0 Å². The molecular weight excluding hydrogens is 126 g/mol. The van der Waals surface area contributed by atoms with Gasteiger partial charge in [0, 0.05) is 5.70 Å². The highest BCUT2D eigenvalue weighted by Gasteiger charge is 2.10. The van der Waals surface area contributed by atoms with Gasteiger partial charge in [0.15, 0.2) is 0 Å². The van der Waals surface area contributed by atoms with E-state index in [1.807, 2.05) is 19.1 Å². The average molecular weight is 139 g/mol. The van der Waals surface area contributed by atoms with E-state index in [0.29, 0.717) is 0 Å². The highest BCUT2D eigenvalue weighted by atomic mass is 16.5. The Labute approximate surface area is 61.2 Å². The van der Waals surface area contributed by atoms with E-state index in [2.05, 4.69) is 5.48 Å². The molecule has 0 bridgehead atoms. The summed E-state index contributed by atoms with van der Waals surface area (Å²) in [5, 5.41) is 8.62. The highest BCUT2D eigenvalue weighted by Crippen LogP contribution is 2.24. The van der Waals surface area contributed by atoms with Crippen molar-refractivity contribution in [3.8, 4) is 0 Å². The topological polar surface area (TPSA) is 32.3 Å².